The number of hydrogen-bond donors (Lipinski definition) is 0. The minimum absolute atomic E-state index is 0.138. The first-order chi connectivity index (χ1) is 8.47. The number of benzene rings is 2. The van der Waals surface area contributed by atoms with Crippen LogP contribution in [-0.4, -0.2) is 5.78 Å². The van der Waals surface area contributed by atoms with Gasteiger partial charge in [0.1, 0.15) is 5.82 Å². The first-order valence-electron chi connectivity index (χ1n) is 5.24. The van der Waals surface area contributed by atoms with E-state index in [1.165, 1.54) is 25.1 Å². The Morgan fingerprint density at radius 1 is 1.06 bits per heavy atom. The van der Waals surface area contributed by atoms with Crippen molar-refractivity contribution in [1.82, 2.24) is 0 Å². The van der Waals surface area contributed by atoms with Crippen molar-refractivity contribution < 1.29 is 9.18 Å². The van der Waals surface area contributed by atoms with Gasteiger partial charge >= 0.3 is 0 Å². The van der Waals surface area contributed by atoms with Gasteiger partial charge in [0, 0.05) is 15.6 Å². The minimum atomic E-state index is -0.411. The van der Waals surface area contributed by atoms with Crippen molar-refractivity contribution in [3.8, 4) is 11.1 Å². The standard InChI is InChI=1S/C14H9Cl2FO/c1-8(18)13-3-2-12(17)7-14(13)9-4-10(15)6-11(16)5-9/h2-7H,1H3. The van der Waals surface area contributed by atoms with E-state index in [2.05, 4.69) is 0 Å². The van der Waals surface area contributed by atoms with Crippen molar-refractivity contribution in [2.45, 2.75) is 6.92 Å². The quantitative estimate of drug-likeness (QED) is 0.709. The zero-order valence-corrected chi connectivity index (χ0v) is 11.0. The number of carbonyl (C=O) groups is 1. The van der Waals surface area contributed by atoms with Crippen LogP contribution in [0.1, 0.15) is 17.3 Å². The molecule has 0 aliphatic heterocycles. The third-order valence-corrected chi connectivity index (χ3v) is 2.97. The lowest BCUT2D eigenvalue weighted by atomic mass is 9.97. The summed E-state index contributed by atoms with van der Waals surface area (Å²) in [4.78, 5) is 11.5. The molecule has 1 nitrogen and oxygen atoms in total. The Morgan fingerprint density at radius 2 is 1.67 bits per heavy atom. The summed E-state index contributed by atoms with van der Waals surface area (Å²) >= 11 is 11.8. The highest BCUT2D eigenvalue weighted by Gasteiger charge is 2.11. The Balaban J connectivity index is 2.68. The number of carbonyl (C=O) groups excluding carboxylic acids is 1. The molecule has 4 heteroatoms. The summed E-state index contributed by atoms with van der Waals surface area (Å²) in [6.07, 6.45) is 0. The average Bonchev–Trinajstić information content (AvgIpc) is 2.27. The van der Waals surface area contributed by atoms with Crippen LogP contribution in [0.3, 0.4) is 0 Å². The van der Waals surface area contributed by atoms with E-state index in [0.717, 1.165) is 0 Å². The van der Waals surface area contributed by atoms with E-state index < -0.39 is 5.82 Å². The molecule has 18 heavy (non-hydrogen) atoms. The molecule has 0 atom stereocenters. The molecule has 0 aliphatic rings. The number of rotatable bonds is 2. The third-order valence-electron chi connectivity index (χ3n) is 2.53. The molecule has 0 spiro atoms. The van der Waals surface area contributed by atoms with Gasteiger partial charge in [-0.05, 0) is 54.4 Å². The smallest absolute Gasteiger partial charge is 0.160 e. The third kappa shape index (κ3) is 2.71. The average molecular weight is 283 g/mol. The van der Waals surface area contributed by atoms with Gasteiger partial charge in [-0.25, -0.2) is 4.39 Å². The van der Waals surface area contributed by atoms with Crippen molar-refractivity contribution in [1.29, 1.82) is 0 Å². The van der Waals surface area contributed by atoms with Crippen LogP contribution in [0.25, 0.3) is 11.1 Å². The molecule has 92 valence electrons. The van der Waals surface area contributed by atoms with Gasteiger partial charge in [0.15, 0.2) is 5.78 Å². The van der Waals surface area contributed by atoms with Gasteiger partial charge < -0.3 is 0 Å². The zero-order valence-electron chi connectivity index (χ0n) is 9.51. The molecule has 0 N–H and O–H groups in total. The SMILES string of the molecule is CC(=O)c1ccc(F)cc1-c1cc(Cl)cc(Cl)c1. The molecule has 0 saturated heterocycles. The molecule has 0 saturated carbocycles. The summed E-state index contributed by atoms with van der Waals surface area (Å²) in [5, 5.41) is 0.882. The lowest BCUT2D eigenvalue weighted by Gasteiger charge is -2.08. The second-order valence-electron chi connectivity index (χ2n) is 3.90. The van der Waals surface area contributed by atoms with Crippen LogP contribution in [-0.2, 0) is 0 Å². The molecular formula is C14H9Cl2FO. The van der Waals surface area contributed by atoms with E-state index in [1.807, 2.05) is 0 Å². The van der Waals surface area contributed by atoms with Gasteiger partial charge in [-0.1, -0.05) is 23.2 Å². The summed E-state index contributed by atoms with van der Waals surface area (Å²) in [5.74, 6) is -0.549. The predicted octanol–water partition coefficient (Wildman–Crippen LogP) is 5.00. The van der Waals surface area contributed by atoms with E-state index in [1.54, 1.807) is 18.2 Å². The maximum Gasteiger partial charge on any atom is 0.160 e. The van der Waals surface area contributed by atoms with Gasteiger partial charge in [0.2, 0.25) is 0 Å². The van der Waals surface area contributed by atoms with E-state index in [-0.39, 0.29) is 5.78 Å². The molecule has 2 aromatic rings. The van der Waals surface area contributed by atoms with Gasteiger partial charge in [-0.3, -0.25) is 4.79 Å². The summed E-state index contributed by atoms with van der Waals surface area (Å²) < 4.78 is 13.3. The molecule has 0 bridgehead atoms. The first-order valence-corrected chi connectivity index (χ1v) is 6.00. The van der Waals surface area contributed by atoms with Gasteiger partial charge in [-0.15, -0.1) is 0 Å². The summed E-state index contributed by atoms with van der Waals surface area (Å²) in [6, 6.07) is 8.90. The molecule has 2 aromatic carbocycles. The lowest BCUT2D eigenvalue weighted by molar-refractivity contribution is 0.101. The molecule has 0 fully saturated rings. The van der Waals surface area contributed by atoms with Crippen molar-refractivity contribution in [2.75, 3.05) is 0 Å². The van der Waals surface area contributed by atoms with E-state index in [0.29, 0.717) is 26.7 Å². The molecule has 0 heterocycles. The van der Waals surface area contributed by atoms with Crippen molar-refractivity contribution in [3.05, 3.63) is 57.8 Å². The second-order valence-corrected chi connectivity index (χ2v) is 4.78. The van der Waals surface area contributed by atoms with Crippen LogP contribution in [0.15, 0.2) is 36.4 Å². The Kier molecular flexibility index (Phi) is 3.69. The maximum atomic E-state index is 13.3. The summed E-state index contributed by atoms with van der Waals surface area (Å²) in [6.45, 7) is 1.43. The van der Waals surface area contributed by atoms with Crippen molar-refractivity contribution >= 4 is 29.0 Å². The van der Waals surface area contributed by atoms with Crippen LogP contribution in [0, 0.1) is 5.82 Å². The lowest BCUT2D eigenvalue weighted by Crippen LogP contribution is -1.97. The molecule has 0 unspecified atom stereocenters. The molecule has 0 aliphatic carbocycles. The van der Waals surface area contributed by atoms with E-state index in [9.17, 15) is 9.18 Å². The largest absolute Gasteiger partial charge is 0.294 e. The first kappa shape index (κ1) is 13.1. The van der Waals surface area contributed by atoms with Crippen molar-refractivity contribution in [2.24, 2.45) is 0 Å². The number of Topliss-reactive ketones (excluding diaryl/α,β-unsaturated/α-hetero) is 1. The molecule has 2 rings (SSSR count). The second kappa shape index (κ2) is 5.09. The van der Waals surface area contributed by atoms with Gasteiger partial charge in [0.05, 0.1) is 0 Å². The van der Waals surface area contributed by atoms with Crippen LogP contribution >= 0.6 is 23.2 Å². The van der Waals surface area contributed by atoms with Gasteiger partial charge in [0.25, 0.3) is 0 Å². The Bertz CT molecular complexity index is 603. The molecule has 0 amide bonds. The van der Waals surface area contributed by atoms with Crippen LogP contribution in [0.5, 0.6) is 0 Å². The van der Waals surface area contributed by atoms with Gasteiger partial charge in [-0.2, -0.15) is 0 Å². The van der Waals surface area contributed by atoms with Crippen LogP contribution < -0.4 is 0 Å². The number of ketones is 1. The summed E-state index contributed by atoms with van der Waals surface area (Å²) in [7, 11) is 0. The predicted molar refractivity (Wildman–Crippen MR) is 71.9 cm³/mol. The fraction of sp³-hybridized carbons (Fsp3) is 0.0714. The highest BCUT2D eigenvalue weighted by atomic mass is 35.5. The van der Waals surface area contributed by atoms with E-state index in [4.69, 9.17) is 23.2 Å². The topological polar surface area (TPSA) is 17.1 Å². The molecule has 0 aromatic heterocycles. The summed E-state index contributed by atoms with van der Waals surface area (Å²) in [5.41, 5.74) is 1.55. The zero-order chi connectivity index (χ0) is 13.3. The number of hydrogen-bond acceptors (Lipinski definition) is 1. The van der Waals surface area contributed by atoms with Crippen LogP contribution in [0.2, 0.25) is 10.0 Å². The number of halogens is 3. The van der Waals surface area contributed by atoms with E-state index >= 15 is 0 Å². The molecule has 0 radical (unpaired) electrons. The highest BCUT2D eigenvalue weighted by Crippen LogP contribution is 2.30. The minimum Gasteiger partial charge on any atom is -0.294 e. The fourth-order valence-corrected chi connectivity index (χ4v) is 2.30. The Morgan fingerprint density at radius 3 is 2.22 bits per heavy atom. The highest BCUT2D eigenvalue weighted by molar-refractivity contribution is 6.35. The Hall–Kier alpha value is -1.38. The molecular weight excluding hydrogens is 274 g/mol. The Labute approximate surface area is 114 Å². The van der Waals surface area contributed by atoms with Crippen molar-refractivity contribution in [3.63, 3.8) is 0 Å². The van der Waals surface area contributed by atoms with Crippen LogP contribution in [0.4, 0.5) is 4.39 Å². The maximum absolute atomic E-state index is 13.3. The monoisotopic (exact) mass is 282 g/mol. The normalized spacial score (nSPS) is 10.4. The fourth-order valence-electron chi connectivity index (χ4n) is 1.77.